The van der Waals surface area contributed by atoms with E-state index in [4.69, 9.17) is 0 Å². The molecule has 0 radical (unpaired) electrons. The maximum absolute atomic E-state index is 11.3. The van der Waals surface area contributed by atoms with Crippen molar-refractivity contribution in [2.75, 3.05) is 0 Å². The topological polar surface area (TPSA) is 43.4 Å². The molecule has 0 bridgehead atoms. The van der Waals surface area contributed by atoms with Crippen LogP contribution in [0.15, 0.2) is 0 Å². The first-order valence-corrected chi connectivity index (χ1v) is 4.39. The highest BCUT2D eigenvalue weighted by Crippen LogP contribution is 2.38. The van der Waals surface area contributed by atoms with Crippen LogP contribution in [0.3, 0.4) is 0 Å². The Morgan fingerprint density at radius 1 is 1.42 bits per heavy atom. The first-order chi connectivity index (χ1) is 5.64. The predicted molar refractivity (Wildman–Crippen MR) is 43.3 cm³/mol. The third kappa shape index (κ3) is 1.36. The Labute approximate surface area is 72.1 Å². The van der Waals surface area contributed by atoms with Gasteiger partial charge >= 0.3 is 11.9 Å². The van der Waals surface area contributed by atoms with E-state index in [2.05, 4.69) is 4.74 Å². The molecule has 68 valence electrons. The molecule has 12 heavy (non-hydrogen) atoms. The standard InChI is InChI=1S/C9H14O3/c1-3-5-9(4-2)6-7(10)12-8(9)11/h3-6H2,1-2H3. The number of cyclic esters (lactones) is 2. The van der Waals surface area contributed by atoms with Crippen molar-refractivity contribution in [1.29, 1.82) is 0 Å². The average molecular weight is 170 g/mol. The van der Waals surface area contributed by atoms with E-state index in [9.17, 15) is 9.59 Å². The van der Waals surface area contributed by atoms with Crippen molar-refractivity contribution >= 4 is 11.9 Å². The number of hydrogen-bond acceptors (Lipinski definition) is 3. The summed E-state index contributed by atoms with van der Waals surface area (Å²) in [7, 11) is 0. The van der Waals surface area contributed by atoms with Crippen molar-refractivity contribution in [1.82, 2.24) is 0 Å². The number of carbonyl (C=O) groups is 2. The van der Waals surface area contributed by atoms with Crippen LogP contribution in [0.2, 0.25) is 0 Å². The fourth-order valence-electron chi connectivity index (χ4n) is 1.71. The van der Waals surface area contributed by atoms with Gasteiger partial charge in [-0.15, -0.1) is 0 Å². The average Bonchev–Trinajstić information content (AvgIpc) is 2.28. The number of esters is 2. The maximum Gasteiger partial charge on any atom is 0.320 e. The highest BCUT2D eigenvalue weighted by Gasteiger charge is 2.46. The normalized spacial score (nSPS) is 29.2. The van der Waals surface area contributed by atoms with Crippen LogP contribution >= 0.6 is 0 Å². The Hall–Kier alpha value is -0.860. The van der Waals surface area contributed by atoms with Crippen LogP contribution in [0.5, 0.6) is 0 Å². The van der Waals surface area contributed by atoms with E-state index in [1.807, 2.05) is 13.8 Å². The van der Waals surface area contributed by atoms with Gasteiger partial charge in [0.2, 0.25) is 0 Å². The van der Waals surface area contributed by atoms with Crippen molar-refractivity contribution in [3.63, 3.8) is 0 Å². The predicted octanol–water partition coefficient (Wildman–Crippen LogP) is 1.66. The molecule has 1 saturated heterocycles. The van der Waals surface area contributed by atoms with Crippen molar-refractivity contribution in [2.24, 2.45) is 5.41 Å². The molecule has 1 aliphatic rings. The van der Waals surface area contributed by atoms with Crippen LogP contribution in [-0.2, 0) is 14.3 Å². The fourth-order valence-corrected chi connectivity index (χ4v) is 1.71. The second-order valence-electron chi connectivity index (χ2n) is 3.32. The lowest BCUT2D eigenvalue weighted by Gasteiger charge is -2.20. The summed E-state index contributed by atoms with van der Waals surface area (Å²) in [6.45, 7) is 3.93. The fraction of sp³-hybridized carbons (Fsp3) is 0.778. The second-order valence-corrected chi connectivity index (χ2v) is 3.32. The molecule has 1 aliphatic heterocycles. The van der Waals surface area contributed by atoms with Gasteiger partial charge in [0.15, 0.2) is 0 Å². The number of hydrogen-bond donors (Lipinski definition) is 0. The number of carbonyl (C=O) groups excluding carboxylic acids is 2. The van der Waals surface area contributed by atoms with Crippen LogP contribution in [0, 0.1) is 5.41 Å². The van der Waals surface area contributed by atoms with Gasteiger partial charge in [0.1, 0.15) is 0 Å². The first kappa shape index (κ1) is 9.23. The van der Waals surface area contributed by atoms with Crippen LogP contribution in [0.25, 0.3) is 0 Å². The van der Waals surface area contributed by atoms with E-state index in [0.29, 0.717) is 6.42 Å². The molecule has 0 saturated carbocycles. The molecule has 0 aliphatic carbocycles. The summed E-state index contributed by atoms with van der Waals surface area (Å²) in [5, 5.41) is 0. The summed E-state index contributed by atoms with van der Waals surface area (Å²) in [6, 6.07) is 0. The lowest BCUT2D eigenvalue weighted by Crippen LogP contribution is -2.25. The Morgan fingerprint density at radius 2 is 2.08 bits per heavy atom. The zero-order chi connectivity index (χ0) is 9.19. The smallest absolute Gasteiger partial charge is 0.320 e. The van der Waals surface area contributed by atoms with Crippen LogP contribution in [-0.4, -0.2) is 11.9 Å². The van der Waals surface area contributed by atoms with Crippen molar-refractivity contribution in [2.45, 2.75) is 39.5 Å². The quantitative estimate of drug-likeness (QED) is 0.478. The Kier molecular flexibility index (Phi) is 2.50. The number of ether oxygens (including phenoxy) is 1. The second kappa shape index (κ2) is 3.25. The lowest BCUT2D eigenvalue weighted by molar-refractivity contribution is -0.155. The molecule has 0 aromatic heterocycles. The summed E-state index contributed by atoms with van der Waals surface area (Å²) in [5.74, 6) is -0.688. The van der Waals surface area contributed by atoms with Gasteiger partial charge in [0.25, 0.3) is 0 Å². The molecule has 1 atom stereocenters. The monoisotopic (exact) mass is 170 g/mol. The Morgan fingerprint density at radius 3 is 2.42 bits per heavy atom. The van der Waals surface area contributed by atoms with Gasteiger partial charge in [0.05, 0.1) is 11.8 Å². The van der Waals surface area contributed by atoms with E-state index in [0.717, 1.165) is 12.8 Å². The third-order valence-electron chi connectivity index (χ3n) is 2.53. The minimum atomic E-state index is -0.494. The highest BCUT2D eigenvalue weighted by atomic mass is 16.6. The van der Waals surface area contributed by atoms with Gasteiger partial charge in [0, 0.05) is 0 Å². The molecule has 1 fully saturated rings. The van der Waals surface area contributed by atoms with E-state index in [-0.39, 0.29) is 18.4 Å². The third-order valence-corrected chi connectivity index (χ3v) is 2.53. The van der Waals surface area contributed by atoms with Crippen molar-refractivity contribution < 1.29 is 14.3 Å². The number of rotatable bonds is 3. The van der Waals surface area contributed by atoms with Gasteiger partial charge < -0.3 is 4.74 Å². The van der Waals surface area contributed by atoms with E-state index in [1.165, 1.54) is 0 Å². The van der Waals surface area contributed by atoms with Gasteiger partial charge in [-0.3, -0.25) is 9.59 Å². The molecule has 3 heteroatoms. The molecule has 0 aromatic rings. The van der Waals surface area contributed by atoms with E-state index >= 15 is 0 Å². The molecular formula is C9H14O3. The molecule has 0 spiro atoms. The molecule has 1 unspecified atom stereocenters. The maximum atomic E-state index is 11.3. The zero-order valence-electron chi connectivity index (χ0n) is 7.55. The minimum Gasteiger partial charge on any atom is -0.393 e. The molecule has 0 aromatic carbocycles. The highest BCUT2D eigenvalue weighted by molar-refractivity contribution is 5.97. The van der Waals surface area contributed by atoms with E-state index in [1.54, 1.807) is 0 Å². The van der Waals surface area contributed by atoms with Gasteiger partial charge in [-0.1, -0.05) is 20.3 Å². The summed E-state index contributed by atoms with van der Waals surface area (Å²) in [4.78, 5) is 22.1. The van der Waals surface area contributed by atoms with Gasteiger partial charge in [-0.25, -0.2) is 0 Å². The SMILES string of the molecule is CCCC1(CC)CC(=O)OC1=O. The Bertz CT molecular complexity index is 210. The molecule has 0 N–H and O–H groups in total. The largest absolute Gasteiger partial charge is 0.393 e. The zero-order valence-corrected chi connectivity index (χ0v) is 7.55. The summed E-state index contributed by atoms with van der Waals surface area (Å²) in [6.07, 6.45) is 2.64. The van der Waals surface area contributed by atoms with Crippen LogP contribution < -0.4 is 0 Å². The first-order valence-electron chi connectivity index (χ1n) is 4.39. The van der Waals surface area contributed by atoms with Crippen LogP contribution in [0.4, 0.5) is 0 Å². The van der Waals surface area contributed by atoms with E-state index < -0.39 is 5.41 Å². The molecule has 3 nitrogen and oxygen atoms in total. The van der Waals surface area contributed by atoms with Crippen molar-refractivity contribution in [3.05, 3.63) is 0 Å². The van der Waals surface area contributed by atoms with Gasteiger partial charge in [-0.2, -0.15) is 0 Å². The summed E-state index contributed by atoms with van der Waals surface area (Å²) in [5.41, 5.74) is -0.494. The van der Waals surface area contributed by atoms with Crippen LogP contribution in [0.1, 0.15) is 39.5 Å². The summed E-state index contributed by atoms with van der Waals surface area (Å²) < 4.78 is 4.54. The minimum absolute atomic E-state index is 0.274. The lowest BCUT2D eigenvalue weighted by atomic mass is 9.79. The molecule has 1 rings (SSSR count). The van der Waals surface area contributed by atoms with Crippen molar-refractivity contribution in [3.8, 4) is 0 Å². The summed E-state index contributed by atoms with van der Waals surface area (Å²) >= 11 is 0. The molecule has 1 heterocycles. The molecule has 0 amide bonds. The molecular weight excluding hydrogens is 156 g/mol. The van der Waals surface area contributed by atoms with Gasteiger partial charge in [-0.05, 0) is 12.8 Å². The Balaban J connectivity index is 2.78.